The van der Waals surface area contributed by atoms with Crippen molar-refractivity contribution in [2.75, 3.05) is 5.01 Å². The topological polar surface area (TPSA) is 106 Å². The number of carboxylic acid groups (broad SMARTS) is 1. The maximum atomic E-state index is 15.2. The molecule has 0 unspecified atom stereocenters. The fourth-order valence-electron chi connectivity index (χ4n) is 5.39. The number of hydrogen-bond donors (Lipinski definition) is 4. The Kier molecular flexibility index (Phi) is 6.05. The van der Waals surface area contributed by atoms with Crippen LogP contribution in [0.15, 0.2) is 65.8 Å². The summed E-state index contributed by atoms with van der Waals surface area (Å²) in [7, 11) is 0. The third-order valence-electron chi connectivity index (χ3n) is 7.40. The van der Waals surface area contributed by atoms with Crippen molar-refractivity contribution in [2.24, 2.45) is 11.0 Å². The van der Waals surface area contributed by atoms with Crippen molar-refractivity contribution in [3.63, 3.8) is 0 Å². The van der Waals surface area contributed by atoms with Crippen molar-refractivity contribution >= 4 is 29.0 Å². The van der Waals surface area contributed by atoms with Crippen LogP contribution in [0, 0.1) is 11.7 Å². The van der Waals surface area contributed by atoms with E-state index in [0.717, 1.165) is 53.5 Å². The second kappa shape index (κ2) is 9.67. The van der Waals surface area contributed by atoms with Gasteiger partial charge in [-0.2, -0.15) is 5.10 Å². The van der Waals surface area contributed by atoms with E-state index in [2.05, 4.69) is 38.3 Å². The summed E-state index contributed by atoms with van der Waals surface area (Å²) in [5, 5.41) is 14.7. The molecule has 3 aromatic carbocycles. The molecule has 0 atom stereocenters. The number of aromatic nitrogens is 2. The number of halogens is 1. The van der Waals surface area contributed by atoms with Gasteiger partial charge in [-0.1, -0.05) is 30.3 Å². The van der Waals surface area contributed by atoms with Crippen LogP contribution in [-0.2, 0) is 4.79 Å². The van der Waals surface area contributed by atoms with E-state index in [1.807, 2.05) is 36.4 Å². The van der Waals surface area contributed by atoms with Crippen molar-refractivity contribution < 1.29 is 14.3 Å². The van der Waals surface area contributed by atoms with Crippen LogP contribution in [0.5, 0.6) is 0 Å². The van der Waals surface area contributed by atoms with Gasteiger partial charge >= 0.3 is 5.97 Å². The molecule has 2 aliphatic rings. The zero-order valence-electron chi connectivity index (χ0n) is 20.1. The molecule has 1 saturated carbocycles. The highest BCUT2D eigenvalue weighted by molar-refractivity contribution is 5.87. The number of hydrazine groups is 2. The molecule has 8 nitrogen and oxygen atoms in total. The first-order valence-electron chi connectivity index (χ1n) is 12.5. The number of rotatable bonds is 6. The van der Waals surface area contributed by atoms with Gasteiger partial charge in [-0.05, 0) is 84.5 Å². The Morgan fingerprint density at radius 3 is 2.49 bits per heavy atom. The Balaban J connectivity index is 1.17. The lowest BCUT2D eigenvalue weighted by Crippen LogP contribution is -2.37. The third kappa shape index (κ3) is 4.77. The second-order valence-electron chi connectivity index (χ2n) is 9.76. The minimum absolute atomic E-state index is 0.269. The molecule has 0 bridgehead atoms. The summed E-state index contributed by atoms with van der Waals surface area (Å²) >= 11 is 0. The average molecular weight is 499 g/mol. The fraction of sp³-hybridized carbons (Fsp3) is 0.250. The normalized spacial score (nSPS) is 19.3. The summed E-state index contributed by atoms with van der Waals surface area (Å²) in [5.41, 5.74) is 11.4. The van der Waals surface area contributed by atoms with Crippen LogP contribution < -0.4 is 16.1 Å². The van der Waals surface area contributed by atoms with Crippen LogP contribution in [0.3, 0.4) is 0 Å². The molecule has 4 N–H and O–H groups in total. The van der Waals surface area contributed by atoms with Gasteiger partial charge in [-0.15, -0.1) is 5.53 Å². The second-order valence-corrected chi connectivity index (χ2v) is 9.76. The van der Waals surface area contributed by atoms with Gasteiger partial charge < -0.3 is 10.1 Å². The van der Waals surface area contributed by atoms with Gasteiger partial charge in [0.15, 0.2) is 0 Å². The van der Waals surface area contributed by atoms with Gasteiger partial charge in [0.1, 0.15) is 18.0 Å². The highest BCUT2D eigenvalue weighted by Gasteiger charge is 2.24. The van der Waals surface area contributed by atoms with E-state index in [4.69, 9.17) is 5.11 Å². The standard InChI is InChI=1S/C28H27FN6O2/c29-24-14-21(20-7-5-19(6-8-20)18-3-1-17(2-4-18)13-27(36)37)9-11-23(24)28-31-25-12-10-22(15-26(25)32-28)35-16-30-33-34-35/h5-12,14-18,33-34H,1-4,13H2,(H,31,32)(H,36,37). The number of hydrogen-bond acceptors (Lipinski definition) is 6. The van der Waals surface area contributed by atoms with Crippen molar-refractivity contribution in [3.8, 4) is 22.5 Å². The summed E-state index contributed by atoms with van der Waals surface area (Å²) in [5.74, 6) is 0.180. The van der Waals surface area contributed by atoms with Gasteiger partial charge in [0.05, 0.1) is 22.3 Å². The molecule has 1 aliphatic heterocycles. The first kappa shape index (κ1) is 23.2. The Hall–Kier alpha value is -4.24. The molecule has 2 heterocycles. The fourth-order valence-corrected chi connectivity index (χ4v) is 5.39. The van der Waals surface area contributed by atoms with E-state index >= 15 is 4.39 Å². The highest BCUT2D eigenvalue weighted by Crippen LogP contribution is 2.38. The van der Waals surface area contributed by atoms with Crippen LogP contribution in [0.2, 0.25) is 0 Å². The van der Waals surface area contributed by atoms with Gasteiger partial charge in [0.25, 0.3) is 0 Å². The molecule has 0 radical (unpaired) electrons. The van der Waals surface area contributed by atoms with E-state index in [9.17, 15) is 4.79 Å². The van der Waals surface area contributed by atoms with E-state index in [1.165, 1.54) is 5.56 Å². The minimum Gasteiger partial charge on any atom is -0.481 e. The van der Waals surface area contributed by atoms with Crippen LogP contribution in [0.25, 0.3) is 33.5 Å². The minimum atomic E-state index is -0.705. The maximum Gasteiger partial charge on any atom is 0.303 e. The summed E-state index contributed by atoms with van der Waals surface area (Å²) in [6.07, 6.45) is 5.82. The molecule has 0 saturated heterocycles. The number of nitrogens with zero attached hydrogens (tertiary/aromatic N) is 3. The number of carbonyl (C=O) groups is 1. The number of imidazole rings is 1. The van der Waals surface area contributed by atoms with Crippen LogP contribution in [0.1, 0.15) is 43.6 Å². The number of carboxylic acids is 1. The van der Waals surface area contributed by atoms with E-state index in [-0.39, 0.29) is 18.2 Å². The molecule has 188 valence electrons. The predicted molar refractivity (Wildman–Crippen MR) is 141 cm³/mol. The summed E-state index contributed by atoms with van der Waals surface area (Å²) in [4.78, 5) is 18.8. The number of aromatic amines is 1. The number of fused-ring (bicyclic) bond motifs is 1. The molecule has 9 heteroatoms. The molecule has 0 amide bonds. The average Bonchev–Trinajstić information content (AvgIpc) is 3.59. The molecule has 37 heavy (non-hydrogen) atoms. The first-order chi connectivity index (χ1) is 18.0. The quantitative estimate of drug-likeness (QED) is 0.278. The lowest BCUT2D eigenvalue weighted by Gasteiger charge is -2.28. The Bertz CT molecular complexity index is 1470. The zero-order chi connectivity index (χ0) is 25.4. The molecule has 4 aromatic rings. The Labute approximate surface area is 213 Å². The molecule has 6 rings (SSSR count). The van der Waals surface area contributed by atoms with E-state index in [0.29, 0.717) is 17.3 Å². The first-order valence-corrected chi connectivity index (χ1v) is 12.5. The highest BCUT2D eigenvalue weighted by atomic mass is 19.1. The molecule has 1 aromatic heterocycles. The summed E-state index contributed by atoms with van der Waals surface area (Å²) in [6.45, 7) is 0. The van der Waals surface area contributed by atoms with E-state index < -0.39 is 5.97 Å². The number of anilines is 1. The van der Waals surface area contributed by atoms with Gasteiger partial charge in [0.2, 0.25) is 0 Å². The number of nitrogens with one attached hydrogen (secondary N) is 3. The SMILES string of the molecule is O=C(O)CC1CCC(c2ccc(-c3ccc(-c4nc5ccc(N6C=NNN6)cc5[nH]4)c(F)c3)cc2)CC1. The van der Waals surface area contributed by atoms with Crippen molar-refractivity contribution in [3.05, 3.63) is 72.0 Å². The number of aliphatic carboxylic acids is 1. The monoisotopic (exact) mass is 498 g/mol. The Morgan fingerprint density at radius 2 is 1.78 bits per heavy atom. The largest absolute Gasteiger partial charge is 0.481 e. The van der Waals surface area contributed by atoms with Gasteiger partial charge in [-0.25, -0.2) is 19.9 Å². The van der Waals surface area contributed by atoms with Crippen LogP contribution in [0.4, 0.5) is 10.1 Å². The smallest absolute Gasteiger partial charge is 0.303 e. The lowest BCUT2D eigenvalue weighted by molar-refractivity contribution is -0.138. The molecule has 1 aliphatic carbocycles. The third-order valence-corrected chi connectivity index (χ3v) is 7.40. The lowest BCUT2D eigenvalue weighted by atomic mass is 9.77. The van der Waals surface area contributed by atoms with Gasteiger partial charge in [-0.3, -0.25) is 4.79 Å². The predicted octanol–water partition coefficient (Wildman–Crippen LogP) is 5.56. The molecular formula is C28H27FN6O2. The summed E-state index contributed by atoms with van der Waals surface area (Å²) in [6, 6.07) is 19.3. The van der Waals surface area contributed by atoms with Crippen molar-refractivity contribution in [2.45, 2.75) is 38.0 Å². The number of H-pyrrole nitrogens is 1. The molecule has 0 spiro atoms. The Morgan fingerprint density at radius 1 is 1.00 bits per heavy atom. The zero-order valence-corrected chi connectivity index (χ0v) is 20.1. The van der Waals surface area contributed by atoms with Crippen molar-refractivity contribution in [1.29, 1.82) is 0 Å². The number of benzene rings is 3. The van der Waals surface area contributed by atoms with Gasteiger partial charge in [0, 0.05) is 6.42 Å². The van der Waals surface area contributed by atoms with Crippen LogP contribution >= 0.6 is 0 Å². The summed E-state index contributed by atoms with van der Waals surface area (Å²) < 4.78 is 15.2. The molecule has 1 fully saturated rings. The maximum absolute atomic E-state index is 15.2. The van der Waals surface area contributed by atoms with Crippen molar-refractivity contribution in [1.82, 2.24) is 21.0 Å². The van der Waals surface area contributed by atoms with E-state index in [1.54, 1.807) is 23.5 Å². The molecular weight excluding hydrogens is 471 g/mol. The van der Waals surface area contributed by atoms with Crippen LogP contribution in [-0.4, -0.2) is 27.4 Å². The number of hydrazone groups is 1.